The van der Waals surface area contributed by atoms with E-state index in [2.05, 4.69) is 46.8 Å². The van der Waals surface area contributed by atoms with E-state index in [1.54, 1.807) is 21.9 Å². The van der Waals surface area contributed by atoms with Crippen molar-refractivity contribution in [2.24, 2.45) is 0 Å². The number of aryl methyl sites for hydroxylation is 1. The van der Waals surface area contributed by atoms with Gasteiger partial charge in [0.15, 0.2) is 10.9 Å². The van der Waals surface area contributed by atoms with Gasteiger partial charge in [0.2, 0.25) is 10.9 Å². The lowest BCUT2D eigenvalue weighted by atomic mass is 10.1. The van der Waals surface area contributed by atoms with Crippen molar-refractivity contribution in [3.8, 4) is 11.3 Å². The molecule has 1 aliphatic heterocycles. The molecule has 10 heteroatoms. The number of carbonyl (C=O) groups is 2. The topological polar surface area (TPSA) is 84.0 Å². The van der Waals surface area contributed by atoms with Gasteiger partial charge in [-0.25, -0.2) is 0 Å². The largest absolute Gasteiger partial charge is 0.459 e. The zero-order valence-electron chi connectivity index (χ0n) is 17.4. The fraction of sp³-hybridized carbons (Fsp3) is 0.273. The lowest BCUT2D eigenvalue weighted by Gasteiger charge is -2.34. The molecule has 0 unspecified atom stereocenters. The van der Waals surface area contributed by atoms with Gasteiger partial charge in [0, 0.05) is 31.6 Å². The number of thiazole rings is 1. The number of furan rings is 1. The number of aromatic nitrogens is 3. The van der Waals surface area contributed by atoms with E-state index in [1.807, 2.05) is 4.40 Å². The molecule has 0 aliphatic carbocycles. The molecule has 0 radical (unpaired) electrons. The molecule has 4 heterocycles. The van der Waals surface area contributed by atoms with Crippen molar-refractivity contribution in [3.63, 3.8) is 0 Å². The third kappa shape index (κ3) is 4.03. The molecule has 0 atom stereocenters. The van der Waals surface area contributed by atoms with Crippen molar-refractivity contribution in [3.05, 3.63) is 59.4 Å². The van der Waals surface area contributed by atoms with Crippen LogP contribution in [0, 0.1) is 6.92 Å². The van der Waals surface area contributed by atoms with Gasteiger partial charge in [0.05, 0.1) is 17.7 Å². The molecule has 0 saturated carbocycles. The maximum absolute atomic E-state index is 12.8. The number of thioether (sulfide) groups is 1. The molecule has 5 rings (SSSR count). The summed E-state index contributed by atoms with van der Waals surface area (Å²) in [6, 6.07) is 11.7. The van der Waals surface area contributed by atoms with Crippen LogP contribution in [0.4, 0.5) is 0 Å². The molecule has 1 aliphatic rings. The Hall–Kier alpha value is -3.11. The molecule has 164 valence electrons. The minimum atomic E-state index is -0.136. The standard InChI is InChI=1S/C22H21N5O3S2/c1-15-4-6-16(7-5-15)17-13-31-21-23-24-22(27(17)21)32-14-19(28)25-8-10-26(11-9-25)20(29)18-3-2-12-30-18/h2-7,12-13H,8-11,14H2,1H3. The maximum atomic E-state index is 12.8. The zero-order chi connectivity index (χ0) is 22.1. The summed E-state index contributed by atoms with van der Waals surface area (Å²) in [5, 5.41) is 11.3. The molecule has 3 aromatic heterocycles. The summed E-state index contributed by atoms with van der Waals surface area (Å²) in [6.45, 7) is 4.06. The fourth-order valence-electron chi connectivity index (χ4n) is 3.65. The minimum Gasteiger partial charge on any atom is -0.459 e. The van der Waals surface area contributed by atoms with Gasteiger partial charge in [0.1, 0.15) is 0 Å². The van der Waals surface area contributed by atoms with Gasteiger partial charge >= 0.3 is 0 Å². The summed E-state index contributed by atoms with van der Waals surface area (Å²) >= 11 is 2.92. The molecular formula is C22H21N5O3S2. The Bertz CT molecular complexity index is 1240. The Morgan fingerprint density at radius 3 is 2.53 bits per heavy atom. The lowest BCUT2D eigenvalue weighted by molar-refractivity contribution is -0.129. The number of rotatable bonds is 5. The molecule has 2 amide bonds. The molecule has 0 spiro atoms. The van der Waals surface area contributed by atoms with E-state index in [4.69, 9.17) is 4.42 Å². The molecule has 1 saturated heterocycles. The predicted molar refractivity (Wildman–Crippen MR) is 123 cm³/mol. The molecule has 1 fully saturated rings. The van der Waals surface area contributed by atoms with Crippen LogP contribution >= 0.6 is 23.1 Å². The molecule has 0 bridgehead atoms. The van der Waals surface area contributed by atoms with Gasteiger partial charge in [-0.15, -0.1) is 21.5 Å². The smallest absolute Gasteiger partial charge is 0.289 e. The second-order valence-corrected chi connectivity index (χ2v) is 9.31. The molecule has 8 nitrogen and oxygen atoms in total. The molecule has 0 N–H and O–H groups in total. The Labute approximate surface area is 192 Å². The number of fused-ring (bicyclic) bond motifs is 1. The summed E-state index contributed by atoms with van der Waals surface area (Å²) in [7, 11) is 0. The fourth-order valence-corrected chi connectivity index (χ4v) is 5.39. The van der Waals surface area contributed by atoms with Crippen LogP contribution in [0.2, 0.25) is 0 Å². The van der Waals surface area contributed by atoms with Gasteiger partial charge in [-0.2, -0.15) is 0 Å². The number of carbonyl (C=O) groups excluding carboxylic acids is 2. The van der Waals surface area contributed by atoms with Crippen LogP contribution in [-0.4, -0.2) is 68.1 Å². The third-order valence-electron chi connectivity index (χ3n) is 5.44. The van der Waals surface area contributed by atoms with Gasteiger partial charge in [-0.05, 0) is 24.6 Å². The van der Waals surface area contributed by atoms with Gasteiger partial charge in [0.25, 0.3) is 5.91 Å². The summed E-state index contributed by atoms with van der Waals surface area (Å²) in [4.78, 5) is 29.5. The van der Waals surface area contributed by atoms with Gasteiger partial charge in [-0.1, -0.05) is 41.6 Å². The summed E-state index contributed by atoms with van der Waals surface area (Å²) in [5.41, 5.74) is 3.32. The van der Waals surface area contributed by atoms with Gasteiger partial charge < -0.3 is 14.2 Å². The third-order valence-corrected chi connectivity index (χ3v) is 7.17. The monoisotopic (exact) mass is 467 g/mol. The number of hydrogen-bond donors (Lipinski definition) is 0. The molecule has 32 heavy (non-hydrogen) atoms. The van der Waals surface area contributed by atoms with E-state index >= 15 is 0 Å². The first-order valence-corrected chi connectivity index (χ1v) is 12.1. The van der Waals surface area contributed by atoms with E-state index in [0.29, 0.717) is 37.1 Å². The number of piperazine rings is 1. The van der Waals surface area contributed by atoms with Crippen LogP contribution in [0.25, 0.3) is 16.2 Å². The highest BCUT2D eigenvalue weighted by molar-refractivity contribution is 7.99. The molecule has 1 aromatic carbocycles. The van der Waals surface area contributed by atoms with Crippen molar-refractivity contribution < 1.29 is 14.0 Å². The highest BCUT2D eigenvalue weighted by Gasteiger charge is 2.26. The van der Waals surface area contributed by atoms with E-state index in [0.717, 1.165) is 16.2 Å². The van der Waals surface area contributed by atoms with E-state index in [9.17, 15) is 9.59 Å². The summed E-state index contributed by atoms with van der Waals surface area (Å²) < 4.78 is 7.20. The highest BCUT2D eigenvalue weighted by atomic mass is 32.2. The second kappa shape index (κ2) is 8.79. The normalized spacial score (nSPS) is 14.3. The Balaban J connectivity index is 1.22. The quantitative estimate of drug-likeness (QED) is 0.418. The van der Waals surface area contributed by atoms with E-state index in [1.165, 1.54) is 34.9 Å². The molecular weight excluding hydrogens is 446 g/mol. The van der Waals surface area contributed by atoms with E-state index < -0.39 is 0 Å². The van der Waals surface area contributed by atoms with Crippen LogP contribution < -0.4 is 0 Å². The van der Waals surface area contributed by atoms with Crippen LogP contribution in [0.3, 0.4) is 0 Å². The second-order valence-electron chi connectivity index (χ2n) is 7.53. The van der Waals surface area contributed by atoms with E-state index in [-0.39, 0.29) is 17.6 Å². The predicted octanol–water partition coefficient (Wildman–Crippen LogP) is 3.44. The lowest BCUT2D eigenvalue weighted by Crippen LogP contribution is -2.51. The van der Waals surface area contributed by atoms with Crippen molar-refractivity contribution in [1.82, 2.24) is 24.4 Å². The summed E-state index contributed by atoms with van der Waals surface area (Å²) in [5.74, 6) is 0.500. The summed E-state index contributed by atoms with van der Waals surface area (Å²) in [6.07, 6.45) is 1.49. The number of amides is 2. The van der Waals surface area contributed by atoms with Crippen molar-refractivity contribution >= 4 is 39.9 Å². The van der Waals surface area contributed by atoms with Crippen LogP contribution in [0.1, 0.15) is 16.1 Å². The molecule has 4 aromatic rings. The SMILES string of the molecule is Cc1ccc(-c2csc3nnc(SCC(=O)N4CCN(C(=O)c5ccco5)CC4)n23)cc1. The van der Waals surface area contributed by atoms with Gasteiger partial charge in [-0.3, -0.25) is 14.0 Å². The number of benzene rings is 1. The highest BCUT2D eigenvalue weighted by Crippen LogP contribution is 2.30. The average molecular weight is 468 g/mol. The number of nitrogens with zero attached hydrogens (tertiary/aromatic N) is 5. The number of hydrogen-bond acceptors (Lipinski definition) is 7. The van der Waals surface area contributed by atoms with Crippen molar-refractivity contribution in [2.75, 3.05) is 31.9 Å². The zero-order valence-corrected chi connectivity index (χ0v) is 19.1. The Morgan fingerprint density at radius 2 is 1.81 bits per heavy atom. The van der Waals surface area contributed by atoms with Crippen LogP contribution in [0.15, 0.2) is 57.6 Å². The van der Waals surface area contributed by atoms with Crippen molar-refractivity contribution in [2.45, 2.75) is 12.1 Å². The Morgan fingerprint density at radius 1 is 1.06 bits per heavy atom. The first kappa shape index (κ1) is 20.8. The Kier molecular flexibility index (Phi) is 5.71. The first-order valence-electron chi connectivity index (χ1n) is 10.2. The maximum Gasteiger partial charge on any atom is 0.289 e. The van der Waals surface area contributed by atoms with Crippen LogP contribution in [0.5, 0.6) is 0 Å². The van der Waals surface area contributed by atoms with Crippen LogP contribution in [-0.2, 0) is 4.79 Å². The minimum absolute atomic E-state index is 0.0314. The first-order chi connectivity index (χ1) is 15.6. The van der Waals surface area contributed by atoms with Crippen molar-refractivity contribution in [1.29, 1.82) is 0 Å². The average Bonchev–Trinajstić information content (AvgIpc) is 3.56.